The first kappa shape index (κ1) is 14.2. The fourth-order valence-corrected chi connectivity index (χ4v) is 1.83. The lowest BCUT2D eigenvalue weighted by atomic mass is 9.95. The highest BCUT2D eigenvalue weighted by Gasteiger charge is 2.21. The fourth-order valence-electron chi connectivity index (χ4n) is 1.83. The number of aryl methyl sites for hydroxylation is 1. The molecule has 0 aliphatic heterocycles. The van der Waals surface area contributed by atoms with Crippen molar-refractivity contribution >= 4 is 5.91 Å². The second kappa shape index (κ2) is 5.45. The summed E-state index contributed by atoms with van der Waals surface area (Å²) in [4.78, 5) is 16.3. The van der Waals surface area contributed by atoms with Crippen LogP contribution in [0.4, 0.5) is 0 Å². The van der Waals surface area contributed by atoms with Gasteiger partial charge in [0.2, 0.25) is 5.91 Å². The predicted octanol–water partition coefficient (Wildman–Crippen LogP) is 2.14. The highest BCUT2D eigenvalue weighted by atomic mass is 16.2. The zero-order valence-corrected chi connectivity index (χ0v) is 12.3. The van der Waals surface area contributed by atoms with Gasteiger partial charge in [-0.2, -0.15) is 5.10 Å². The third-order valence-corrected chi connectivity index (χ3v) is 2.99. The first-order valence-electron chi connectivity index (χ1n) is 6.59. The molecule has 2 rings (SSSR count). The summed E-state index contributed by atoms with van der Waals surface area (Å²) in [5, 5.41) is 7.11. The van der Waals surface area contributed by atoms with E-state index in [1.165, 1.54) is 0 Å². The number of amides is 1. The fraction of sp³-hybridized carbons (Fsp3) is 0.400. The van der Waals surface area contributed by atoms with Crippen molar-refractivity contribution in [3.63, 3.8) is 0 Å². The van der Waals surface area contributed by atoms with Gasteiger partial charge in [-0.25, -0.2) is 0 Å². The van der Waals surface area contributed by atoms with Crippen LogP contribution in [0.15, 0.2) is 30.7 Å². The summed E-state index contributed by atoms with van der Waals surface area (Å²) >= 11 is 0. The Hall–Kier alpha value is -2.17. The number of aromatic nitrogens is 3. The van der Waals surface area contributed by atoms with Crippen molar-refractivity contribution in [1.29, 1.82) is 0 Å². The van der Waals surface area contributed by atoms with Crippen LogP contribution in [0.1, 0.15) is 26.3 Å². The van der Waals surface area contributed by atoms with Crippen LogP contribution < -0.4 is 5.32 Å². The van der Waals surface area contributed by atoms with Gasteiger partial charge in [-0.1, -0.05) is 26.8 Å². The number of hydrogen-bond donors (Lipinski definition) is 1. The maximum Gasteiger partial charge on any atom is 0.225 e. The summed E-state index contributed by atoms with van der Waals surface area (Å²) in [5.74, 6) is 0.0264. The van der Waals surface area contributed by atoms with E-state index in [0.717, 1.165) is 16.8 Å². The van der Waals surface area contributed by atoms with Crippen LogP contribution in [-0.4, -0.2) is 20.7 Å². The molecule has 0 spiro atoms. The van der Waals surface area contributed by atoms with Gasteiger partial charge < -0.3 is 5.32 Å². The number of nitrogens with one attached hydrogen (secondary N) is 1. The minimum Gasteiger partial charge on any atom is -0.351 e. The van der Waals surface area contributed by atoms with Gasteiger partial charge in [-0.15, -0.1) is 0 Å². The van der Waals surface area contributed by atoms with E-state index in [1.54, 1.807) is 17.1 Å². The van der Waals surface area contributed by atoms with Crippen molar-refractivity contribution in [3.8, 4) is 11.3 Å². The van der Waals surface area contributed by atoms with E-state index < -0.39 is 5.41 Å². The molecule has 0 radical (unpaired) electrons. The molecule has 0 fully saturated rings. The summed E-state index contributed by atoms with van der Waals surface area (Å²) in [5.41, 5.74) is 2.40. The molecule has 0 saturated heterocycles. The lowest BCUT2D eigenvalue weighted by molar-refractivity contribution is -0.128. The largest absolute Gasteiger partial charge is 0.351 e. The smallest absolute Gasteiger partial charge is 0.225 e. The van der Waals surface area contributed by atoms with Crippen LogP contribution in [0, 0.1) is 5.41 Å². The van der Waals surface area contributed by atoms with Crippen LogP contribution >= 0.6 is 0 Å². The van der Waals surface area contributed by atoms with Crippen molar-refractivity contribution < 1.29 is 4.79 Å². The van der Waals surface area contributed by atoms with Crippen LogP contribution in [-0.2, 0) is 18.4 Å². The Kier molecular flexibility index (Phi) is 3.88. The van der Waals surface area contributed by atoms with E-state index in [1.807, 2.05) is 46.1 Å². The molecule has 1 N–H and O–H groups in total. The summed E-state index contributed by atoms with van der Waals surface area (Å²) < 4.78 is 1.74. The van der Waals surface area contributed by atoms with Gasteiger partial charge in [-0.05, 0) is 11.6 Å². The van der Waals surface area contributed by atoms with Crippen LogP contribution in [0.5, 0.6) is 0 Å². The van der Waals surface area contributed by atoms with Gasteiger partial charge in [0.15, 0.2) is 0 Å². The van der Waals surface area contributed by atoms with Gasteiger partial charge in [0, 0.05) is 37.0 Å². The Morgan fingerprint density at radius 1 is 1.40 bits per heavy atom. The average Bonchev–Trinajstić information content (AvgIpc) is 2.81. The van der Waals surface area contributed by atoms with Crippen molar-refractivity contribution in [2.75, 3.05) is 0 Å². The highest BCUT2D eigenvalue weighted by Crippen LogP contribution is 2.20. The van der Waals surface area contributed by atoms with E-state index >= 15 is 0 Å². The Morgan fingerprint density at radius 2 is 2.15 bits per heavy atom. The second-order valence-electron chi connectivity index (χ2n) is 5.85. The standard InChI is InChI=1S/C15H20N4O/c1-15(2,3)14(20)17-8-11-6-5-7-16-13(11)12-9-18-19(4)10-12/h5-7,9-10H,8H2,1-4H3,(H,17,20). The second-order valence-corrected chi connectivity index (χ2v) is 5.85. The molecule has 2 aromatic rings. The SMILES string of the molecule is Cn1cc(-c2ncccc2CNC(=O)C(C)(C)C)cn1. The van der Waals surface area contributed by atoms with E-state index in [0.29, 0.717) is 6.54 Å². The molecule has 0 aliphatic rings. The molecule has 0 saturated carbocycles. The van der Waals surface area contributed by atoms with Crippen molar-refractivity contribution in [3.05, 3.63) is 36.3 Å². The van der Waals surface area contributed by atoms with E-state index in [-0.39, 0.29) is 5.91 Å². The molecule has 1 amide bonds. The number of nitrogens with zero attached hydrogens (tertiary/aromatic N) is 3. The molecule has 0 atom stereocenters. The Morgan fingerprint density at radius 3 is 2.75 bits per heavy atom. The molecule has 2 heterocycles. The van der Waals surface area contributed by atoms with E-state index in [4.69, 9.17) is 0 Å². The quantitative estimate of drug-likeness (QED) is 0.931. The molecule has 0 bridgehead atoms. The lowest BCUT2D eigenvalue weighted by Crippen LogP contribution is -2.34. The average molecular weight is 272 g/mol. The molecular formula is C15H20N4O. The first-order chi connectivity index (χ1) is 9.38. The first-order valence-corrected chi connectivity index (χ1v) is 6.59. The Bertz CT molecular complexity index is 610. The number of pyridine rings is 1. The normalized spacial score (nSPS) is 11.4. The summed E-state index contributed by atoms with van der Waals surface area (Å²) in [6, 6.07) is 3.84. The molecule has 2 aromatic heterocycles. The molecule has 5 heteroatoms. The van der Waals surface area contributed by atoms with Crippen LogP contribution in [0.25, 0.3) is 11.3 Å². The number of rotatable bonds is 3. The summed E-state index contributed by atoms with van der Waals surface area (Å²) in [6.45, 7) is 6.16. The Labute approximate surface area is 119 Å². The highest BCUT2D eigenvalue weighted by molar-refractivity contribution is 5.81. The minimum absolute atomic E-state index is 0.0264. The number of hydrogen-bond acceptors (Lipinski definition) is 3. The Balaban J connectivity index is 2.19. The topological polar surface area (TPSA) is 59.8 Å². The number of carbonyl (C=O) groups is 1. The maximum atomic E-state index is 11.9. The van der Waals surface area contributed by atoms with E-state index in [2.05, 4.69) is 15.4 Å². The summed E-state index contributed by atoms with van der Waals surface area (Å²) in [6.07, 6.45) is 5.44. The third-order valence-electron chi connectivity index (χ3n) is 2.99. The van der Waals surface area contributed by atoms with Gasteiger partial charge in [0.05, 0.1) is 11.9 Å². The molecule has 106 valence electrons. The molecule has 20 heavy (non-hydrogen) atoms. The molecule has 5 nitrogen and oxygen atoms in total. The number of carbonyl (C=O) groups excluding carboxylic acids is 1. The van der Waals surface area contributed by atoms with Gasteiger partial charge in [-0.3, -0.25) is 14.5 Å². The zero-order chi connectivity index (χ0) is 14.8. The van der Waals surface area contributed by atoms with Crippen molar-refractivity contribution in [2.24, 2.45) is 12.5 Å². The van der Waals surface area contributed by atoms with Gasteiger partial charge in [0.25, 0.3) is 0 Å². The van der Waals surface area contributed by atoms with Gasteiger partial charge in [0.1, 0.15) is 0 Å². The lowest BCUT2D eigenvalue weighted by Gasteiger charge is -2.18. The predicted molar refractivity (Wildman–Crippen MR) is 77.7 cm³/mol. The molecular weight excluding hydrogens is 252 g/mol. The van der Waals surface area contributed by atoms with Crippen LogP contribution in [0.3, 0.4) is 0 Å². The van der Waals surface area contributed by atoms with E-state index in [9.17, 15) is 4.79 Å². The monoisotopic (exact) mass is 272 g/mol. The van der Waals surface area contributed by atoms with Crippen molar-refractivity contribution in [1.82, 2.24) is 20.1 Å². The molecule has 0 unspecified atom stereocenters. The molecule has 0 aromatic carbocycles. The van der Waals surface area contributed by atoms with Gasteiger partial charge >= 0.3 is 0 Å². The minimum atomic E-state index is -0.392. The summed E-state index contributed by atoms with van der Waals surface area (Å²) in [7, 11) is 1.87. The molecule has 0 aliphatic carbocycles. The third kappa shape index (κ3) is 3.23. The van der Waals surface area contributed by atoms with Crippen molar-refractivity contribution in [2.45, 2.75) is 27.3 Å². The zero-order valence-electron chi connectivity index (χ0n) is 12.3. The maximum absolute atomic E-state index is 11.9. The van der Waals surface area contributed by atoms with Crippen LogP contribution in [0.2, 0.25) is 0 Å².